The first-order chi connectivity index (χ1) is 9.93. The van der Waals surface area contributed by atoms with Crippen LogP contribution in [-0.2, 0) is 16.6 Å². The molecular formula is C13H20N4O3S. The second-order valence-corrected chi connectivity index (χ2v) is 6.48. The maximum atomic E-state index is 12.5. The third kappa shape index (κ3) is 3.79. The number of carbonyl (C=O) groups is 1. The summed E-state index contributed by atoms with van der Waals surface area (Å²) < 4.78 is 23.7. The minimum absolute atomic E-state index is 0.0897. The highest BCUT2D eigenvalue weighted by molar-refractivity contribution is 7.86. The molecule has 2 rings (SSSR count). The number of amides is 1. The Morgan fingerprint density at radius 3 is 2.33 bits per heavy atom. The van der Waals surface area contributed by atoms with Crippen LogP contribution in [0.15, 0.2) is 24.3 Å². The molecule has 1 aromatic carbocycles. The average molecular weight is 312 g/mol. The first kappa shape index (κ1) is 15.9. The normalized spacial score (nSPS) is 17.0. The molecule has 116 valence electrons. The smallest absolute Gasteiger partial charge is 0.277 e. The molecule has 21 heavy (non-hydrogen) atoms. The molecule has 1 aliphatic heterocycles. The fourth-order valence-corrected chi connectivity index (χ4v) is 3.09. The van der Waals surface area contributed by atoms with E-state index in [4.69, 9.17) is 10.9 Å². The van der Waals surface area contributed by atoms with Gasteiger partial charge in [0, 0.05) is 31.7 Å². The Kier molecular flexibility index (Phi) is 4.94. The summed E-state index contributed by atoms with van der Waals surface area (Å²) in [7, 11) is -3.68. The van der Waals surface area contributed by atoms with Crippen molar-refractivity contribution in [1.82, 2.24) is 9.21 Å². The summed E-state index contributed by atoms with van der Waals surface area (Å²) in [6.45, 7) is 1.61. The van der Waals surface area contributed by atoms with Gasteiger partial charge < -0.3 is 10.6 Å². The molecule has 0 atom stereocenters. The monoisotopic (exact) mass is 312 g/mol. The van der Waals surface area contributed by atoms with Gasteiger partial charge in [-0.25, -0.2) is 5.14 Å². The molecule has 7 nitrogen and oxygen atoms in total. The minimum atomic E-state index is -3.68. The van der Waals surface area contributed by atoms with Gasteiger partial charge in [0.15, 0.2) is 0 Å². The Labute approximate surface area is 124 Å². The number of rotatable bonds is 4. The summed E-state index contributed by atoms with van der Waals surface area (Å²) in [5.41, 5.74) is 7.11. The fourth-order valence-electron chi connectivity index (χ4n) is 2.42. The van der Waals surface area contributed by atoms with Crippen LogP contribution in [0.3, 0.4) is 0 Å². The molecular weight excluding hydrogens is 292 g/mol. The molecule has 0 radical (unpaired) electrons. The van der Waals surface area contributed by atoms with Gasteiger partial charge in [0.05, 0.1) is 0 Å². The maximum absolute atomic E-state index is 12.5. The van der Waals surface area contributed by atoms with Crippen molar-refractivity contribution in [3.8, 4) is 0 Å². The molecule has 0 bridgehead atoms. The molecule has 4 N–H and O–H groups in total. The fraction of sp³-hybridized carbons (Fsp3) is 0.462. The van der Waals surface area contributed by atoms with E-state index in [9.17, 15) is 13.2 Å². The second kappa shape index (κ2) is 6.52. The summed E-state index contributed by atoms with van der Waals surface area (Å²) >= 11 is 0. The number of nitrogens with two attached hydrogens (primary N) is 2. The minimum Gasteiger partial charge on any atom is -0.336 e. The highest BCUT2D eigenvalue weighted by Gasteiger charge is 2.27. The molecule has 1 saturated heterocycles. The Bertz CT molecular complexity index is 610. The molecule has 1 aromatic rings. The molecule has 1 amide bonds. The highest BCUT2D eigenvalue weighted by atomic mass is 32.2. The first-order valence-electron chi connectivity index (χ1n) is 6.78. The lowest BCUT2D eigenvalue weighted by atomic mass is 10.0. The molecule has 8 heteroatoms. The topological polar surface area (TPSA) is 110 Å². The number of benzene rings is 1. The van der Waals surface area contributed by atoms with Crippen molar-refractivity contribution in [1.29, 1.82) is 0 Å². The van der Waals surface area contributed by atoms with Gasteiger partial charge in [-0.2, -0.15) is 12.7 Å². The molecule has 0 saturated carbocycles. The molecule has 0 aliphatic carbocycles. The number of hydrogen-bond donors (Lipinski definition) is 2. The number of hydrogen-bond acceptors (Lipinski definition) is 4. The molecule has 0 spiro atoms. The lowest BCUT2D eigenvalue weighted by Crippen LogP contribution is -2.52. The van der Waals surface area contributed by atoms with E-state index in [1.807, 2.05) is 18.2 Å². The van der Waals surface area contributed by atoms with Gasteiger partial charge in [-0.05, 0) is 24.6 Å². The van der Waals surface area contributed by atoms with Crippen molar-refractivity contribution >= 4 is 16.1 Å². The summed E-state index contributed by atoms with van der Waals surface area (Å²) in [6.07, 6.45) is 0.638. The van der Waals surface area contributed by atoms with Crippen molar-refractivity contribution in [2.45, 2.75) is 6.42 Å². The zero-order valence-electron chi connectivity index (χ0n) is 11.7. The van der Waals surface area contributed by atoms with E-state index in [1.165, 1.54) is 4.31 Å². The van der Waals surface area contributed by atoms with Crippen molar-refractivity contribution < 1.29 is 13.2 Å². The van der Waals surface area contributed by atoms with E-state index < -0.39 is 10.2 Å². The van der Waals surface area contributed by atoms with Gasteiger partial charge in [0.25, 0.3) is 16.1 Å². The van der Waals surface area contributed by atoms with Gasteiger partial charge >= 0.3 is 0 Å². The van der Waals surface area contributed by atoms with E-state index in [2.05, 4.69) is 0 Å². The molecule has 1 heterocycles. The number of piperazine rings is 1. The van der Waals surface area contributed by atoms with Crippen molar-refractivity contribution in [3.63, 3.8) is 0 Å². The molecule has 0 unspecified atom stereocenters. The highest BCUT2D eigenvalue weighted by Crippen LogP contribution is 2.14. The van der Waals surface area contributed by atoms with Crippen LogP contribution in [0, 0.1) is 0 Å². The van der Waals surface area contributed by atoms with E-state index >= 15 is 0 Å². The van der Waals surface area contributed by atoms with E-state index in [0.717, 1.165) is 5.56 Å². The summed E-state index contributed by atoms with van der Waals surface area (Å²) in [6, 6.07) is 7.36. The SMILES string of the molecule is NCCc1ccccc1C(=O)N1CCN(S(N)(=O)=O)CC1. The largest absolute Gasteiger partial charge is 0.336 e. The van der Waals surface area contributed by atoms with Gasteiger partial charge in [-0.1, -0.05) is 18.2 Å². The van der Waals surface area contributed by atoms with Crippen LogP contribution in [0.25, 0.3) is 0 Å². The summed E-state index contributed by atoms with van der Waals surface area (Å²) in [5.74, 6) is -0.0897. The van der Waals surface area contributed by atoms with Crippen molar-refractivity contribution in [2.75, 3.05) is 32.7 Å². The quantitative estimate of drug-likeness (QED) is 0.754. The maximum Gasteiger partial charge on any atom is 0.277 e. The van der Waals surface area contributed by atoms with E-state index in [1.54, 1.807) is 11.0 Å². The van der Waals surface area contributed by atoms with Crippen molar-refractivity contribution in [3.05, 3.63) is 35.4 Å². The van der Waals surface area contributed by atoms with Crippen LogP contribution in [0.2, 0.25) is 0 Å². The molecule has 1 fully saturated rings. The second-order valence-electron chi connectivity index (χ2n) is 4.93. The van der Waals surface area contributed by atoms with Crippen LogP contribution in [0.4, 0.5) is 0 Å². The van der Waals surface area contributed by atoms with Crippen molar-refractivity contribution in [2.24, 2.45) is 10.9 Å². The van der Waals surface area contributed by atoms with Crippen LogP contribution in [0.5, 0.6) is 0 Å². The summed E-state index contributed by atoms with van der Waals surface area (Å²) in [4.78, 5) is 14.2. The predicted octanol–water partition coefficient (Wildman–Crippen LogP) is -0.851. The standard InChI is InChI=1S/C13H20N4O3S/c14-6-5-11-3-1-2-4-12(11)13(18)16-7-9-17(10-8-16)21(15,19)20/h1-4H,5-10,14H2,(H2,15,19,20). The van der Waals surface area contributed by atoms with Gasteiger partial charge in [0.2, 0.25) is 0 Å². The van der Waals surface area contributed by atoms with Crippen LogP contribution in [-0.4, -0.2) is 56.3 Å². The van der Waals surface area contributed by atoms with Crippen LogP contribution >= 0.6 is 0 Å². The lowest BCUT2D eigenvalue weighted by Gasteiger charge is -2.33. The Balaban J connectivity index is 2.09. The number of carbonyl (C=O) groups excluding carboxylic acids is 1. The summed E-state index contributed by atoms with van der Waals surface area (Å²) in [5, 5.41) is 5.09. The van der Waals surface area contributed by atoms with Gasteiger partial charge in [0.1, 0.15) is 0 Å². The Morgan fingerprint density at radius 2 is 1.76 bits per heavy atom. The lowest BCUT2D eigenvalue weighted by molar-refractivity contribution is 0.0697. The number of nitrogens with zero attached hydrogens (tertiary/aromatic N) is 2. The Morgan fingerprint density at radius 1 is 1.14 bits per heavy atom. The van der Waals surface area contributed by atoms with Crippen LogP contribution < -0.4 is 10.9 Å². The average Bonchev–Trinajstić information content (AvgIpc) is 2.47. The van der Waals surface area contributed by atoms with Crippen LogP contribution in [0.1, 0.15) is 15.9 Å². The van der Waals surface area contributed by atoms with Gasteiger partial charge in [-0.15, -0.1) is 0 Å². The van der Waals surface area contributed by atoms with E-state index in [0.29, 0.717) is 31.6 Å². The molecule has 0 aromatic heterocycles. The predicted molar refractivity (Wildman–Crippen MR) is 79.8 cm³/mol. The first-order valence-corrected chi connectivity index (χ1v) is 8.29. The Hall–Kier alpha value is -1.48. The third-order valence-corrected chi connectivity index (χ3v) is 4.63. The third-order valence-electron chi connectivity index (χ3n) is 3.55. The molecule has 1 aliphatic rings. The zero-order valence-corrected chi connectivity index (χ0v) is 12.6. The van der Waals surface area contributed by atoms with E-state index in [-0.39, 0.29) is 19.0 Å². The van der Waals surface area contributed by atoms with Gasteiger partial charge in [-0.3, -0.25) is 4.79 Å². The zero-order chi connectivity index (χ0) is 15.5.